The number of anilines is 1. The van der Waals surface area contributed by atoms with Crippen LogP contribution in [0.1, 0.15) is 20.8 Å². The zero-order chi connectivity index (χ0) is 21.3. The van der Waals surface area contributed by atoms with Gasteiger partial charge in [-0.2, -0.15) is 0 Å². The van der Waals surface area contributed by atoms with Gasteiger partial charge in [0.2, 0.25) is 5.91 Å². The van der Waals surface area contributed by atoms with Crippen molar-refractivity contribution in [1.82, 2.24) is 15.2 Å². The maximum atomic E-state index is 12.9. The molecule has 9 heteroatoms. The van der Waals surface area contributed by atoms with E-state index in [1.165, 1.54) is 11.3 Å². The predicted molar refractivity (Wildman–Crippen MR) is 116 cm³/mol. The first kappa shape index (κ1) is 20.1. The molecule has 30 heavy (non-hydrogen) atoms. The topological polar surface area (TPSA) is 91.4 Å². The van der Waals surface area contributed by atoms with Gasteiger partial charge in [0.1, 0.15) is 0 Å². The van der Waals surface area contributed by atoms with Crippen LogP contribution in [-0.2, 0) is 11.3 Å². The predicted octanol–water partition coefficient (Wildman–Crippen LogP) is 4.08. The summed E-state index contributed by atoms with van der Waals surface area (Å²) in [5.41, 5.74) is 2.64. The third kappa shape index (κ3) is 4.05. The number of thiazole rings is 1. The highest BCUT2D eigenvalue weighted by Gasteiger charge is 2.29. The SMILES string of the molecule is Cc1sc(NC(=O)c2ccccc2CN2C(=O)CNC2=O)nc1-c1ccc(Cl)cc1. The van der Waals surface area contributed by atoms with Gasteiger partial charge in [-0.15, -0.1) is 11.3 Å². The fraction of sp³-hybridized carbons (Fsp3) is 0.143. The molecule has 0 radical (unpaired) electrons. The second kappa shape index (κ2) is 8.25. The number of nitrogens with zero attached hydrogens (tertiary/aromatic N) is 2. The Kier molecular flexibility index (Phi) is 5.52. The van der Waals surface area contributed by atoms with E-state index in [2.05, 4.69) is 15.6 Å². The fourth-order valence-electron chi connectivity index (χ4n) is 3.16. The van der Waals surface area contributed by atoms with Crippen LogP contribution >= 0.6 is 22.9 Å². The molecule has 0 saturated carbocycles. The molecule has 4 amide bonds. The quantitative estimate of drug-likeness (QED) is 0.585. The molecule has 1 aliphatic heterocycles. The van der Waals surface area contributed by atoms with Gasteiger partial charge in [0.25, 0.3) is 5.91 Å². The van der Waals surface area contributed by atoms with E-state index >= 15 is 0 Å². The molecule has 7 nitrogen and oxygen atoms in total. The van der Waals surface area contributed by atoms with Gasteiger partial charge in [0.15, 0.2) is 5.13 Å². The molecule has 1 aromatic heterocycles. The molecule has 2 aromatic carbocycles. The van der Waals surface area contributed by atoms with Crippen LogP contribution in [0.15, 0.2) is 48.5 Å². The van der Waals surface area contributed by atoms with Crippen molar-refractivity contribution in [3.63, 3.8) is 0 Å². The number of hydrogen-bond acceptors (Lipinski definition) is 5. The number of carbonyl (C=O) groups is 3. The Morgan fingerprint density at radius 2 is 1.93 bits per heavy atom. The smallest absolute Gasteiger partial charge is 0.324 e. The number of benzene rings is 2. The van der Waals surface area contributed by atoms with Crippen molar-refractivity contribution in [2.45, 2.75) is 13.5 Å². The molecule has 2 heterocycles. The summed E-state index contributed by atoms with van der Waals surface area (Å²) in [5, 5.41) is 6.41. The van der Waals surface area contributed by atoms with Crippen molar-refractivity contribution in [3.05, 3.63) is 69.6 Å². The van der Waals surface area contributed by atoms with Crippen LogP contribution in [0.2, 0.25) is 5.02 Å². The van der Waals surface area contributed by atoms with Crippen molar-refractivity contribution in [1.29, 1.82) is 0 Å². The Bertz CT molecular complexity index is 1130. The molecular formula is C21H17ClN4O3S. The molecule has 0 atom stereocenters. The van der Waals surface area contributed by atoms with E-state index in [4.69, 9.17) is 11.6 Å². The Morgan fingerprint density at radius 1 is 1.20 bits per heavy atom. The summed E-state index contributed by atoms with van der Waals surface area (Å²) in [4.78, 5) is 43.2. The highest BCUT2D eigenvalue weighted by Crippen LogP contribution is 2.31. The third-order valence-electron chi connectivity index (χ3n) is 4.66. The molecule has 1 saturated heterocycles. The monoisotopic (exact) mass is 440 g/mol. The number of rotatable bonds is 5. The number of aromatic nitrogens is 1. The first-order valence-corrected chi connectivity index (χ1v) is 10.3. The van der Waals surface area contributed by atoms with Gasteiger partial charge in [0.05, 0.1) is 18.8 Å². The van der Waals surface area contributed by atoms with Crippen LogP contribution in [0, 0.1) is 6.92 Å². The molecule has 1 fully saturated rings. The Balaban J connectivity index is 1.55. The zero-order valence-corrected chi connectivity index (χ0v) is 17.5. The van der Waals surface area contributed by atoms with Gasteiger partial charge >= 0.3 is 6.03 Å². The molecule has 152 valence electrons. The Hall–Kier alpha value is -3.23. The number of hydrogen-bond donors (Lipinski definition) is 2. The number of carbonyl (C=O) groups excluding carboxylic acids is 3. The van der Waals surface area contributed by atoms with E-state index in [1.54, 1.807) is 36.4 Å². The molecule has 4 rings (SSSR count). The number of amides is 4. The first-order chi connectivity index (χ1) is 14.4. The third-order valence-corrected chi connectivity index (χ3v) is 5.80. The molecule has 0 spiro atoms. The van der Waals surface area contributed by atoms with Gasteiger partial charge in [-0.3, -0.25) is 19.8 Å². The van der Waals surface area contributed by atoms with Crippen molar-refractivity contribution in [3.8, 4) is 11.3 Å². The summed E-state index contributed by atoms with van der Waals surface area (Å²) in [7, 11) is 0. The summed E-state index contributed by atoms with van der Waals surface area (Å²) >= 11 is 7.32. The summed E-state index contributed by atoms with van der Waals surface area (Å²) in [6, 6.07) is 13.8. The van der Waals surface area contributed by atoms with E-state index < -0.39 is 6.03 Å². The number of halogens is 1. The second-order valence-corrected chi connectivity index (χ2v) is 8.32. The summed E-state index contributed by atoms with van der Waals surface area (Å²) in [5.74, 6) is -0.674. The normalized spacial score (nSPS) is 13.5. The first-order valence-electron chi connectivity index (χ1n) is 9.13. The van der Waals surface area contributed by atoms with Gasteiger partial charge in [-0.1, -0.05) is 41.9 Å². The van der Waals surface area contributed by atoms with Gasteiger partial charge in [-0.25, -0.2) is 9.78 Å². The molecular weight excluding hydrogens is 424 g/mol. The zero-order valence-electron chi connectivity index (χ0n) is 15.9. The average molecular weight is 441 g/mol. The summed E-state index contributed by atoms with van der Waals surface area (Å²) in [6.07, 6.45) is 0. The minimum absolute atomic E-state index is 0.0287. The van der Waals surface area contributed by atoms with Gasteiger partial charge < -0.3 is 5.32 Å². The largest absolute Gasteiger partial charge is 0.329 e. The van der Waals surface area contributed by atoms with E-state index in [1.807, 2.05) is 19.1 Å². The van der Waals surface area contributed by atoms with Gasteiger partial charge in [0, 0.05) is 21.0 Å². The maximum Gasteiger partial charge on any atom is 0.324 e. The molecule has 3 aromatic rings. The minimum atomic E-state index is -0.460. The van der Waals surface area contributed by atoms with Crippen LogP contribution in [0.4, 0.5) is 9.93 Å². The minimum Gasteiger partial charge on any atom is -0.329 e. The van der Waals surface area contributed by atoms with Gasteiger partial charge in [-0.05, 0) is 30.7 Å². The molecule has 1 aliphatic rings. The van der Waals surface area contributed by atoms with Crippen molar-refractivity contribution < 1.29 is 14.4 Å². The Morgan fingerprint density at radius 3 is 2.63 bits per heavy atom. The second-order valence-electron chi connectivity index (χ2n) is 6.68. The fourth-order valence-corrected chi connectivity index (χ4v) is 4.11. The molecule has 0 aliphatic carbocycles. The number of nitrogens with one attached hydrogen (secondary N) is 2. The maximum absolute atomic E-state index is 12.9. The lowest BCUT2D eigenvalue weighted by Crippen LogP contribution is -2.31. The summed E-state index contributed by atoms with van der Waals surface area (Å²) in [6.45, 7) is 1.93. The van der Waals surface area contributed by atoms with E-state index in [0.29, 0.717) is 21.3 Å². The highest BCUT2D eigenvalue weighted by atomic mass is 35.5. The summed E-state index contributed by atoms with van der Waals surface area (Å²) < 4.78 is 0. The highest BCUT2D eigenvalue weighted by molar-refractivity contribution is 7.16. The Labute approximate surface area is 181 Å². The average Bonchev–Trinajstić information content (AvgIpc) is 3.25. The van der Waals surface area contributed by atoms with E-state index in [0.717, 1.165) is 21.0 Å². The number of aryl methyl sites for hydroxylation is 1. The lowest BCUT2D eigenvalue weighted by atomic mass is 10.1. The molecule has 0 bridgehead atoms. The van der Waals surface area contributed by atoms with Crippen molar-refractivity contribution in [2.75, 3.05) is 11.9 Å². The van der Waals surface area contributed by atoms with Crippen molar-refractivity contribution in [2.24, 2.45) is 0 Å². The number of urea groups is 1. The standard InChI is InChI=1S/C21H17ClN4O3S/c1-12-18(13-6-8-15(22)9-7-13)24-20(30-12)25-19(28)16-5-3-2-4-14(16)11-26-17(27)10-23-21(26)29/h2-9H,10-11H2,1H3,(H,23,29)(H,24,25,28). The number of imide groups is 1. The van der Waals surface area contributed by atoms with Crippen molar-refractivity contribution >= 4 is 45.9 Å². The van der Waals surface area contributed by atoms with Crippen LogP contribution < -0.4 is 10.6 Å². The van der Waals surface area contributed by atoms with E-state index in [9.17, 15) is 14.4 Å². The molecule has 2 N–H and O–H groups in total. The van der Waals surface area contributed by atoms with Crippen LogP contribution in [0.5, 0.6) is 0 Å². The van der Waals surface area contributed by atoms with Crippen LogP contribution in [0.25, 0.3) is 11.3 Å². The lowest BCUT2D eigenvalue weighted by Gasteiger charge is -2.15. The van der Waals surface area contributed by atoms with Crippen LogP contribution in [0.3, 0.4) is 0 Å². The van der Waals surface area contributed by atoms with E-state index in [-0.39, 0.29) is 24.9 Å². The van der Waals surface area contributed by atoms with Crippen LogP contribution in [-0.4, -0.2) is 34.3 Å². The molecule has 0 unspecified atom stereocenters. The lowest BCUT2D eigenvalue weighted by molar-refractivity contribution is -0.125.